The minimum Gasteiger partial charge on any atom is -0.493 e. The molecule has 0 aliphatic carbocycles. The molecule has 0 spiro atoms. The molecule has 8 nitrogen and oxygen atoms in total. The van der Waals surface area contributed by atoms with Crippen molar-refractivity contribution in [3.8, 4) is 23.0 Å². The first-order valence-electron chi connectivity index (χ1n) is 14.5. The van der Waals surface area contributed by atoms with Gasteiger partial charge in [0.1, 0.15) is 6.04 Å². The van der Waals surface area contributed by atoms with Crippen LogP contribution in [0.25, 0.3) is 0 Å². The van der Waals surface area contributed by atoms with Gasteiger partial charge >= 0.3 is 5.97 Å². The summed E-state index contributed by atoms with van der Waals surface area (Å²) in [6.07, 6.45) is 4.94. The Morgan fingerprint density at radius 2 is 1.45 bits per heavy atom. The Hall–Kier alpha value is -2.97. The number of benzene rings is 2. The predicted octanol–water partition coefficient (Wildman–Crippen LogP) is 5.28. The lowest BCUT2D eigenvalue weighted by molar-refractivity contribution is -0.951. The molecule has 5 unspecified atom stereocenters. The number of carbonyl (C=O) groups excluding carboxylic acids is 1. The van der Waals surface area contributed by atoms with E-state index < -0.39 is 0 Å². The first kappa shape index (κ1) is 28.6. The van der Waals surface area contributed by atoms with Gasteiger partial charge in [0.2, 0.25) is 0 Å². The summed E-state index contributed by atoms with van der Waals surface area (Å²) >= 11 is 0. The summed E-state index contributed by atoms with van der Waals surface area (Å²) in [5.74, 6) is 3.80. The van der Waals surface area contributed by atoms with E-state index in [1.165, 1.54) is 29.2 Å². The summed E-state index contributed by atoms with van der Waals surface area (Å²) in [7, 11) is 9.19. The van der Waals surface area contributed by atoms with Crippen LogP contribution in [0, 0.1) is 11.8 Å². The second kappa shape index (κ2) is 11.5. The third-order valence-electron chi connectivity index (χ3n) is 9.74. The number of ether oxygens (including phenoxy) is 4. The topological polar surface area (TPSA) is 66.5 Å². The van der Waals surface area contributed by atoms with Gasteiger partial charge in [-0.3, -0.25) is 4.79 Å². The van der Waals surface area contributed by atoms with E-state index in [-0.39, 0.29) is 12.0 Å². The second-order valence-corrected chi connectivity index (χ2v) is 11.9. The molecule has 2 aromatic rings. The molecule has 40 heavy (non-hydrogen) atoms. The van der Waals surface area contributed by atoms with Gasteiger partial charge in [0.05, 0.1) is 54.6 Å². The number of hydrogen-bond acceptors (Lipinski definition) is 7. The van der Waals surface area contributed by atoms with Gasteiger partial charge in [-0.2, -0.15) is 0 Å². The largest absolute Gasteiger partial charge is 0.493 e. The van der Waals surface area contributed by atoms with Crippen LogP contribution in [0.15, 0.2) is 24.3 Å². The Balaban J connectivity index is 1.52. The molecule has 0 amide bonds. The van der Waals surface area contributed by atoms with Crippen LogP contribution in [0.1, 0.15) is 67.4 Å². The molecule has 0 bridgehead atoms. The summed E-state index contributed by atoms with van der Waals surface area (Å²) in [6, 6.07) is 8.92. The lowest BCUT2D eigenvalue weighted by atomic mass is 9.71. The van der Waals surface area contributed by atoms with E-state index in [4.69, 9.17) is 23.8 Å². The van der Waals surface area contributed by atoms with E-state index in [1.807, 2.05) is 5.06 Å². The standard InChI is InChI=1S/C32H45N2O6/c1-8-21-19-34(3)12-10-23-16-30(37-5)32(39-7)18-26(23)28(34)14-24(21)13-27-25-17-31(38-6)29(36-4)15-22(25)9-11-33(27)40-20(2)35/h15-18,21,24,27-28H,8-14,19H2,1-7H3/q+1. The Bertz CT molecular complexity index is 1250. The molecule has 218 valence electrons. The fourth-order valence-electron chi connectivity index (χ4n) is 7.66. The van der Waals surface area contributed by atoms with Crippen molar-refractivity contribution >= 4 is 5.97 Å². The number of piperidine rings is 1. The van der Waals surface area contributed by atoms with Crippen LogP contribution in [-0.4, -0.2) is 70.6 Å². The van der Waals surface area contributed by atoms with Crippen LogP contribution in [-0.2, 0) is 22.5 Å². The van der Waals surface area contributed by atoms with Gasteiger partial charge in [-0.15, -0.1) is 5.06 Å². The zero-order chi connectivity index (χ0) is 28.6. The van der Waals surface area contributed by atoms with Crippen molar-refractivity contribution in [2.45, 2.75) is 58.0 Å². The van der Waals surface area contributed by atoms with Crippen molar-refractivity contribution in [3.05, 3.63) is 46.5 Å². The molecule has 0 saturated carbocycles. The van der Waals surface area contributed by atoms with Crippen molar-refractivity contribution in [1.29, 1.82) is 0 Å². The summed E-state index contributed by atoms with van der Waals surface area (Å²) in [4.78, 5) is 18.0. The van der Waals surface area contributed by atoms with Crippen LogP contribution in [0.5, 0.6) is 23.0 Å². The molecule has 3 heterocycles. The van der Waals surface area contributed by atoms with Crippen molar-refractivity contribution in [2.75, 3.05) is 55.1 Å². The summed E-state index contributed by atoms with van der Waals surface area (Å²) in [5, 5.41) is 1.91. The lowest BCUT2D eigenvalue weighted by Gasteiger charge is -2.54. The Morgan fingerprint density at radius 1 is 0.875 bits per heavy atom. The van der Waals surface area contributed by atoms with Crippen LogP contribution in [0.2, 0.25) is 0 Å². The minimum absolute atomic E-state index is 0.0446. The number of rotatable bonds is 8. The van der Waals surface area contributed by atoms with E-state index in [9.17, 15) is 4.79 Å². The molecule has 5 atom stereocenters. The highest BCUT2D eigenvalue weighted by molar-refractivity contribution is 5.65. The number of likely N-dealkylation sites (N-methyl/N-ethyl adjacent to an activating group) is 1. The highest BCUT2D eigenvalue weighted by atomic mass is 16.7. The van der Waals surface area contributed by atoms with Gasteiger partial charge in [-0.25, -0.2) is 0 Å². The number of quaternary nitrogens is 1. The average Bonchev–Trinajstić information content (AvgIpc) is 2.96. The molecule has 3 aliphatic heterocycles. The number of fused-ring (bicyclic) bond motifs is 4. The number of methoxy groups -OCH3 is 4. The molecule has 0 N–H and O–H groups in total. The maximum absolute atomic E-state index is 12.2. The van der Waals surface area contributed by atoms with Crippen LogP contribution in [0.3, 0.4) is 0 Å². The Kier molecular flexibility index (Phi) is 8.20. The third kappa shape index (κ3) is 5.12. The first-order chi connectivity index (χ1) is 19.2. The summed E-state index contributed by atoms with van der Waals surface area (Å²) in [6.45, 7) is 6.73. The van der Waals surface area contributed by atoms with Crippen LogP contribution < -0.4 is 18.9 Å². The molecule has 5 rings (SSSR count). The van der Waals surface area contributed by atoms with E-state index in [0.717, 1.165) is 66.9 Å². The molecule has 0 radical (unpaired) electrons. The molecule has 0 aromatic heterocycles. The fraction of sp³-hybridized carbons (Fsp3) is 0.594. The molecule has 2 aromatic carbocycles. The zero-order valence-corrected chi connectivity index (χ0v) is 25.1. The third-order valence-corrected chi connectivity index (χ3v) is 9.74. The smallest absolute Gasteiger partial charge is 0.322 e. The molecule has 1 fully saturated rings. The minimum atomic E-state index is -0.281. The number of nitrogens with zero attached hydrogens (tertiary/aromatic N) is 2. The van der Waals surface area contributed by atoms with Crippen molar-refractivity contribution in [2.24, 2.45) is 11.8 Å². The van der Waals surface area contributed by atoms with Gasteiger partial charge in [0.15, 0.2) is 23.0 Å². The predicted molar refractivity (Wildman–Crippen MR) is 153 cm³/mol. The normalized spacial score (nSPS) is 27.6. The van der Waals surface area contributed by atoms with Crippen LogP contribution in [0.4, 0.5) is 0 Å². The number of hydrogen-bond donors (Lipinski definition) is 0. The SMILES string of the molecule is CCC1C[N+]2(C)CCc3cc(OC)c(OC)cc3C2CC1CC1c2cc(OC)c(OC)cc2CCN1OC(C)=O. The van der Waals surface area contributed by atoms with Gasteiger partial charge in [0, 0.05) is 37.8 Å². The van der Waals surface area contributed by atoms with Gasteiger partial charge in [-0.1, -0.05) is 6.92 Å². The van der Waals surface area contributed by atoms with Gasteiger partial charge in [0.25, 0.3) is 0 Å². The number of carbonyl (C=O) groups is 1. The van der Waals surface area contributed by atoms with Crippen LogP contribution >= 0.6 is 0 Å². The van der Waals surface area contributed by atoms with Crippen molar-refractivity contribution < 1.29 is 33.1 Å². The van der Waals surface area contributed by atoms with E-state index in [2.05, 4.69) is 38.2 Å². The lowest BCUT2D eigenvalue weighted by Crippen LogP contribution is -2.58. The van der Waals surface area contributed by atoms with Gasteiger partial charge in [-0.05, 0) is 66.1 Å². The number of hydroxylamine groups is 2. The second-order valence-electron chi connectivity index (χ2n) is 11.9. The quantitative estimate of drug-likeness (QED) is 0.412. The summed E-state index contributed by atoms with van der Waals surface area (Å²) in [5.41, 5.74) is 5.15. The fourth-order valence-corrected chi connectivity index (χ4v) is 7.66. The maximum Gasteiger partial charge on any atom is 0.322 e. The summed E-state index contributed by atoms with van der Waals surface area (Å²) < 4.78 is 23.7. The van der Waals surface area contributed by atoms with E-state index >= 15 is 0 Å². The maximum atomic E-state index is 12.2. The monoisotopic (exact) mass is 553 g/mol. The Labute approximate surface area is 238 Å². The van der Waals surface area contributed by atoms with E-state index in [1.54, 1.807) is 28.4 Å². The highest BCUT2D eigenvalue weighted by Gasteiger charge is 2.49. The van der Waals surface area contributed by atoms with Gasteiger partial charge < -0.3 is 28.3 Å². The van der Waals surface area contributed by atoms with Crippen molar-refractivity contribution in [3.63, 3.8) is 0 Å². The molecule has 3 aliphatic rings. The van der Waals surface area contributed by atoms with Crippen molar-refractivity contribution in [1.82, 2.24) is 5.06 Å². The molecular weight excluding hydrogens is 508 g/mol. The zero-order valence-electron chi connectivity index (χ0n) is 25.1. The molecule has 8 heteroatoms. The average molecular weight is 554 g/mol. The van der Waals surface area contributed by atoms with E-state index in [0.29, 0.717) is 30.2 Å². The first-order valence-corrected chi connectivity index (χ1v) is 14.5. The molecular formula is C32H45N2O6+. The molecule has 1 saturated heterocycles. The Morgan fingerprint density at radius 3 is 2.02 bits per heavy atom. The highest BCUT2D eigenvalue weighted by Crippen LogP contribution is 2.51.